The highest BCUT2D eigenvalue weighted by Gasteiger charge is 2.23. The van der Waals surface area contributed by atoms with Crippen LogP contribution in [0.2, 0.25) is 0 Å². The molecule has 2 aromatic rings. The smallest absolute Gasteiger partial charge is 0.254 e. The second-order valence-corrected chi connectivity index (χ2v) is 9.05. The Kier molecular flexibility index (Phi) is 6.84. The topological polar surface area (TPSA) is 75.7 Å². The zero-order chi connectivity index (χ0) is 21.9. The number of amides is 1. The number of nitrogens with zero attached hydrogens (tertiary/aromatic N) is 1. The number of hydrogen-bond donors (Lipinski definition) is 1. The summed E-state index contributed by atoms with van der Waals surface area (Å²) in [6, 6.07) is 8.61. The first-order chi connectivity index (χ1) is 14.2. The molecule has 9 heteroatoms. The lowest BCUT2D eigenvalue weighted by Gasteiger charge is -2.25. The third-order valence-electron chi connectivity index (χ3n) is 5.24. The fourth-order valence-corrected chi connectivity index (χ4v) is 4.37. The van der Waals surface area contributed by atoms with Crippen LogP contribution >= 0.6 is 0 Å². The summed E-state index contributed by atoms with van der Waals surface area (Å²) in [6.45, 7) is 2.47. The van der Waals surface area contributed by atoms with E-state index < -0.39 is 33.6 Å². The maximum absolute atomic E-state index is 13.5. The van der Waals surface area contributed by atoms with E-state index in [2.05, 4.69) is 4.72 Å². The van der Waals surface area contributed by atoms with Crippen molar-refractivity contribution in [1.82, 2.24) is 9.62 Å². The molecule has 1 aliphatic rings. The zero-order valence-electron chi connectivity index (χ0n) is 16.8. The first kappa shape index (κ1) is 22.3. The summed E-state index contributed by atoms with van der Waals surface area (Å²) in [4.78, 5) is 14.2. The van der Waals surface area contributed by atoms with Crippen LogP contribution in [0.25, 0.3) is 0 Å². The van der Waals surface area contributed by atoms with Gasteiger partial charge in [-0.05, 0) is 55.7 Å². The molecule has 1 heterocycles. The number of ether oxygens (including phenoxy) is 1. The van der Waals surface area contributed by atoms with Crippen molar-refractivity contribution in [1.29, 1.82) is 0 Å². The van der Waals surface area contributed by atoms with E-state index in [-0.39, 0.29) is 23.1 Å². The minimum absolute atomic E-state index is 0.0276. The number of carbonyl (C=O) groups is 1. The molecule has 1 saturated heterocycles. The molecule has 0 spiro atoms. The average Bonchev–Trinajstić information content (AvgIpc) is 3.26. The van der Waals surface area contributed by atoms with E-state index in [0.717, 1.165) is 25.0 Å². The fourth-order valence-electron chi connectivity index (χ4n) is 3.26. The quantitative estimate of drug-likeness (QED) is 0.720. The van der Waals surface area contributed by atoms with Crippen LogP contribution in [0.5, 0.6) is 0 Å². The molecule has 2 unspecified atom stereocenters. The monoisotopic (exact) mass is 438 g/mol. The van der Waals surface area contributed by atoms with Crippen molar-refractivity contribution in [3.63, 3.8) is 0 Å². The van der Waals surface area contributed by atoms with Crippen molar-refractivity contribution in [3.8, 4) is 0 Å². The van der Waals surface area contributed by atoms with Gasteiger partial charge in [-0.15, -0.1) is 0 Å². The van der Waals surface area contributed by atoms with Crippen LogP contribution in [0.1, 0.15) is 41.7 Å². The molecule has 0 bridgehead atoms. The molecule has 6 nitrogen and oxygen atoms in total. The molecule has 0 aromatic heterocycles. The summed E-state index contributed by atoms with van der Waals surface area (Å²) in [5.41, 5.74) is 0.596. The lowest BCUT2D eigenvalue weighted by atomic mass is 10.1. The maximum Gasteiger partial charge on any atom is 0.254 e. The summed E-state index contributed by atoms with van der Waals surface area (Å²) in [5, 5.41) is 0. The lowest BCUT2D eigenvalue weighted by molar-refractivity contribution is 0.0742. The third-order valence-corrected chi connectivity index (χ3v) is 6.66. The van der Waals surface area contributed by atoms with Gasteiger partial charge in [-0.3, -0.25) is 4.79 Å². The molecule has 0 radical (unpaired) electrons. The Morgan fingerprint density at radius 3 is 2.67 bits per heavy atom. The van der Waals surface area contributed by atoms with Gasteiger partial charge in [0.1, 0.15) is 0 Å². The molecule has 1 fully saturated rings. The van der Waals surface area contributed by atoms with E-state index in [1.165, 1.54) is 42.3 Å². The predicted molar refractivity (Wildman–Crippen MR) is 107 cm³/mol. The van der Waals surface area contributed by atoms with Crippen molar-refractivity contribution >= 4 is 15.9 Å². The highest BCUT2D eigenvalue weighted by atomic mass is 32.2. The van der Waals surface area contributed by atoms with Crippen molar-refractivity contribution in [2.75, 3.05) is 20.2 Å². The maximum atomic E-state index is 13.5. The average molecular weight is 438 g/mol. The fraction of sp³-hybridized carbons (Fsp3) is 0.381. The number of rotatable bonds is 7. The van der Waals surface area contributed by atoms with Gasteiger partial charge < -0.3 is 9.64 Å². The number of sulfonamides is 1. The highest BCUT2D eigenvalue weighted by molar-refractivity contribution is 7.89. The minimum atomic E-state index is -3.80. The Balaban J connectivity index is 1.75. The molecule has 2 aromatic carbocycles. The second-order valence-electron chi connectivity index (χ2n) is 7.28. The van der Waals surface area contributed by atoms with Crippen molar-refractivity contribution < 1.29 is 26.7 Å². The molecule has 2 atom stereocenters. The number of halogens is 2. The molecular weight excluding hydrogens is 414 g/mol. The van der Waals surface area contributed by atoms with Gasteiger partial charge in [-0.2, -0.15) is 0 Å². The number of benzene rings is 2. The van der Waals surface area contributed by atoms with Crippen LogP contribution in [-0.4, -0.2) is 45.5 Å². The van der Waals surface area contributed by atoms with Crippen molar-refractivity contribution in [2.24, 2.45) is 0 Å². The van der Waals surface area contributed by atoms with Crippen LogP contribution < -0.4 is 4.72 Å². The van der Waals surface area contributed by atoms with Crippen molar-refractivity contribution in [3.05, 3.63) is 65.2 Å². The largest absolute Gasteiger partial charge is 0.377 e. The van der Waals surface area contributed by atoms with Gasteiger partial charge in [0.2, 0.25) is 10.0 Å². The molecule has 1 N–H and O–H groups in total. The summed E-state index contributed by atoms with van der Waals surface area (Å²) in [5.74, 6) is -2.40. The van der Waals surface area contributed by atoms with Gasteiger partial charge in [0.25, 0.3) is 5.91 Å². The van der Waals surface area contributed by atoms with Gasteiger partial charge in [0.05, 0.1) is 17.0 Å². The zero-order valence-corrected chi connectivity index (χ0v) is 17.6. The molecule has 3 rings (SSSR count). The van der Waals surface area contributed by atoms with Crippen LogP contribution in [0.4, 0.5) is 8.78 Å². The number of nitrogens with one attached hydrogen (secondary N) is 1. The van der Waals surface area contributed by atoms with Gasteiger partial charge in [0, 0.05) is 25.8 Å². The minimum Gasteiger partial charge on any atom is -0.377 e. The molecule has 162 valence electrons. The summed E-state index contributed by atoms with van der Waals surface area (Å²) >= 11 is 0. The molecule has 30 heavy (non-hydrogen) atoms. The van der Waals surface area contributed by atoms with Crippen LogP contribution in [0.15, 0.2) is 47.4 Å². The van der Waals surface area contributed by atoms with E-state index in [0.29, 0.717) is 12.2 Å². The molecular formula is C21H24F2N2O4S. The van der Waals surface area contributed by atoms with E-state index >= 15 is 0 Å². The summed E-state index contributed by atoms with van der Waals surface area (Å²) in [7, 11) is -2.29. The predicted octanol–water partition coefficient (Wildman–Crippen LogP) is 3.26. The normalized spacial score (nSPS) is 17.7. The first-order valence-corrected chi connectivity index (χ1v) is 11.1. The van der Waals surface area contributed by atoms with E-state index in [1.807, 2.05) is 0 Å². The number of hydrogen-bond acceptors (Lipinski definition) is 4. The van der Waals surface area contributed by atoms with E-state index in [1.54, 1.807) is 6.92 Å². The summed E-state index contributed by atoms with van der Waals surface area (Å²) < 4.78 is 59.8. The Labute approximate surface area is 174 Å². The third kappa shape index (κ3) is 5.03. The first-order valence-electron chi connectivity index (χ1n) is 9.62. The Bertz CT molecular complexity index is 1020. The SMILES string of the molecule is CC(c1ccc(F)c(F)c1)N(C)C(=O)c1cccc(S(=O)(=O)NCC2CCCO2)c1. The molecule has 1 aliphatic heterocycles. The van der Waals surface area contributed by atoms with E-state index in [9.17, 15) is 22.0 Å². The van der Waals surface area contributed by atoms with Crippen LogP contribution in [0.3, 0.4) is 0 Å². The van der Waals surface area contributed by atoms with Gasteiger partial charge in [-0.1, -0.05) is 12.1 Å². The molecule has 1 amide bonds. The number of carbonyl (C=O) groups excluding carboxylic acids is 1. The van der Waals surface area contributed by atoms with Crippen LogP contribution in [-0.2, 0) is 14.8 Å². The Morgan fingerprint density at radius 2 is 2.00 bits per heavy atom. The summed E-state index contributed by atoms with van der Waals surface area (Å²) in [6.07, 6.45) is 1.56. The van der Waals surface area contributed by atoms with E-state index in [4.69, 9.17) is 4.74 Å². The standard InChI is InChI=1S/C21H24F2N2O4S/c1-14(15-8-9-19(22)20(23)12-15)25(2)21(26)16-5-3-7-18(11-16)30(27,28)24-13-17-6-4-10-29-17/h3,5,7-9,11-12,14,17,24H,4,6,10,13H2,1-2H3. The van der Waals surface area contributed by atoms with Gasteiger partial charge in [-0.25, -0.2) is 21.9 Å². The molecule has 0 saturated carbocycles. The second kappa shape index (κ2) is 9.20. The Morgan fingerprint density at radius 1 is 1.23 bits per heavy atom. The lowest BCUT2D eigenvalue weighted by Crippen LogP contribution is -2.32. The Hall–Kier alpha value is -2.36. The van der Waals surface area contributed by atoms with Gasteiger partial charge >= 0.3 is 0 Å². The van der Waals surface area contributed by atoms with Crippen molar-refractivity contribution in [2.45, 2.75) is 36.8 Å². The molecule has 0 aliphatic carbocycles. The van der Waals surface area contributed by atoms with Gasteiger partial charge in [0.15, 0.2) is 11.6 Å². The van der Waals surface area contributed by atoms with Crippen LogP contribution in [0, 0.1) is 11.6 Å². The highest BCUT2D eigenvalue weighted by Crippen LogP contribution is 2.23.